The van der Waals surface area contributed by atoms with Gasteiger partial charge in [0.25, 0.3) is 5.56 Å². The van der Waals surface area contributed by atoms with Crippen molar-refractivity contribution in [3.8, 4) is 0 Å². The van der Waals surface area contributed by atoms with Gasteiger partial charge in [0, 0.05) is 13.0 Å². The van der Waals surface area contributed by atoms with Crippen molar-refractivity contribution < 1.29 is 4.79 Å². The van der Waals surface area contributed by atoms with Crippen LogP contribution in [0.4, 0.5) is 0 Å². The third-order valence-electron chi connectivity index (χ3n) is 4.78. The highest BCUT2D eigenvalue weighted by atomic mass is 16.2. The lowest BCUT2D eigenvalue weighted by Gasteiger charge is -2.23. The van der Waals surface area contributed by atoms with E-state index in [2.05, 4.69) is 24.1 Å². The minimum absolute atomic E-state index is 0.0483. The van der Waals surface area contributed by atoms with Crippen molar-refractivity contribution in [2.45, 2.75) is 39.8 Å². The molecule has 3 aromatic rings. The van der Waals surface area contributed by atoms with Crippen molar-refractivity contribution in [2.75, 3.05) is 0 Å². The van der Waals surface area contributed by atoms with Gasteiger partial charge in [-0.3, -0.25) is 14.2 Å². The molecule has 0 bridgehead atoms. The number of aromatic nitrogens is 2. The quantitative estimate of drug-likeness (QED) is 0.728. The van der Waals surface area contributed by atoms with Gasteiger partial charge in [-0.1, -0.05) is 56.3 Å². The van der Waals surface area contributed by atoms with Gasteiger partial charge in [0.1, 0.15) is 0 Å². The molecule has 0 saturated heterocycles. The van der Waals surface area contributed by atoms with Crippen molar-refractivity contribution in [2.24, 2.45) is 5.92 Å². The predicted molar refractivity (Wildman–Crippen MR) is 108 cm³/mol. The first-order chi connectivity index (χ1) is 13.0. The van der Waals surface area contributed by atoms with Gasteiger partial charge >= 0.3 is 0 Å². The van der Waals surface area contributed by atoms with Crippen LogP contribution in [0.15, 0.2) is 59.7 Å². The topological polar surface area (TPSA) is 64.0 Å². The number of hydrogen-bond acceptors (Lipinski definition) is 3. The number of aryl methyl sites for hydroxylation is 2. The van der Waals surface area contributed by atoms with Crippen molar-refractivity contribution in [1.29, 1.82) is 0 Å². The summed E-state index contributed by atoms with van der Waals surface area (Å²) in [5.74, 6) is 0.193. The Morgan fingerprint density at radius 2 is 1.85 bits per heavy atom. The third-order valence-corrected chi connectivity index (χ3v) is 4.78. The number of benzene rings is 2. The molecule has 1 aromatic heterocycles. The molecule has 0 spiro atoms. The maximum Gasteiger partial charge on any atom is 0.261 e. The first-order valence-electron chi connectivity index (χ1n) is 9.26. The first kappa shape index (κ1) is 18.8. The van der Waals surface area contributed by atoms with E-state index >= 15 is 0 Å². The Balaban J connectivity index is 1.71. The molecule has 1 heterocycles. The number of nitrogens with one attached hydrogen (secondary N) is 1. The van der Waals surface area contributed by atoms with Gasteiger partial charge in [-0.25, -0.2) is 4.98 Å². The van der Waals surface area contributed by atoms with E-state index in [1.807, 2.05) is 49.4 Å². The normalized spacial score (nSPS) is 12.3. The number of fused-ring (bicyclic) bond motifs is 1. The van der Waals surface area contributed by atoms with Crippen molar-refractivity contribution in [3.63, 3.8) is 0 Å². The summed E-state index contributed by atoms with van der Waals surface area (Å²) in [6.07, 6.45) is 1.76. The summed E-state index contributed by atoms with van der Waals surface area (Å²) >= 11 is 0. The van der Waals surface area contributed by atoms with Gasteiger partial charge in [0.05, 0.1) is 23.3 Å². The Hall–Kier alpha value is -2.95. The molecule has 1 atom stereocenters. The van der Waals surface area contributed by atoms with E-state index in [9.17, 15) is 9.59 Å². The maximum absolute atomic E-state index is 12.6. The Morgan fingerprint density at radius 1 is 1.11 bits per heavy atom. The summed E-state index contributed by atoms with van der Waals surface area (Å²) in [5, 5.41) is 3.68. The average molecular weight is 363 g/mol. The second-order valence-electron chi connectivity index (χ2n) is 7.16. The lowest BCUT2D eigenvalue weighted by atomic mass is 9.96. The van der Waals surface area contributed by atoms with Crippen LogP contribution in [0, 0.1) is 12.8 Å². The number of nitrogens with zero attached hydrogens (tertiary/aromatic N) is 2. The highest BCUT2D eigenvalue weighted by Crippen LogP contribution is 2.21. The molecule has 0 radical (unpaired) electrons. The first-order valence-corrected chi connectivity index (χ1v) is 9.26. The van der Waals surface area contributed by atoms with Crippen LogP contribution < -0.4 is 10.9 Å². The Kier molecular flexibility index (Phi) is 5.69. The number of carbonyl (C=O) groups is 1. The van der Waals surface area contributed by atoms with E-state index in [-0.39, 0.29) is 29.8 Å². The standard InChI is InChI=1S/C22H25N3O2/c1-15(2)20(17-9-5-4-6-10-17)24-19(26)12-13-25-14-23-21-16(3)8-7-11-18(21)22(25)27/h4-11,14-15,20H,12-13H2,1-3H3,(H,24,26). The SMILES string of the molecule is Cc1cccc2c(=O)n(CCC(=O)NC(c3ccccc3)C(C)C)cnc12. The van der Waals surface area contributed by atoms with Crippen LogP contribution in [0.1, 0.15) is 37.4 Å². The Morgan fingerprint density at radius 3 is 2.56 bits per heavy atom. The van der Waals surface area contributed by atoms with Crippen LogP contribution in [-0.2, 0) is 11.3 Å². The van der Waals surface area contributed by atoms with E-state index in [4.69, 9.17) is 0 Å². The van der Waals surface area contributed by atoms with Gasteiger partial charge in [-0.05, 0) is 30.0 Å². The molecule has 5 heteroatoms. The molecule has 27 heavy (non-hydrogen) atoms. The van der Waals surface area contributed by atoms with Crippen LogP contribution in [0.5, 0.6) is 0 Å². The maximum atomic E-state index is 12.6. The van der Waals surface area contributed by atoms with E-state index in [1.165, 1.54) is 10.9 Å². The summed E-state index contributed by atoms with van der Waals surface area (Å²) in [5.41, 5.74) is 2.66. The Labute approximate surface area is 159 Å². The second-order valence-corrected chi connectivity index (χ2v) is 7.16. The van der Waals surface area contributed by atoms with Crippen LogP contribution in [0.2, 0.25) is 0 Å². The van der Waals surface area contributed by atoms with Crippen molar-refractivity contribution in [3.05, 3.63) is 76.3 Å². The van der Waals surface area contributed by atoms with Gasteiger partial charge < -0.3 is 5.32 Å². The lowest BCUT2D eigenvalue weighted by Crippen LogP contribution is -2.33. The van der Waals surface area contributed by atoms with Crippen LogP contribution in [-0.4, -0.2) is 15.5 Å². The molecule has 0 fully saturated rings. The summed E-state index contributed by atoms with van der Waals surface area (Å²) < 4.78 is 1.51. The number of para-hydroxylation sites is 1. The summed E-state index contributed by atoms with van der Waals surface area (Å²) in [4.78, 5) is 29.5. The molecule has 1 amide bonds. The monoisotopic (exact) mass is 363 g/mol. The van der Waals surface area contributed by atoms with Crippen LogP contribution >= 0.6 is 0 Å². The molecule has 1 unspecified atom stereocenters. The average Bonchev–Trinajstić information content (AvgIpc) is 2.66. The molecule has 1 N–H and O–H groups in total. The fourth-order valence-electron chi connectivity index (χ4n) is 3.26. The minimum Gasteiger partial charge on any atom is -0.349 e. The second kappa shape index (κ2) is 8.16. The molecule has 3 rings (SSSR count). The summed E-state index contributed by atoms with van der Waals surface area (Å²) in [7, 11) is 0. The van der Waals surface area contributed by atoms with E-state index < -0.39 is 0 Å². The molecule has 0 aliphatic carbocycles. The van der Waals surface area contributed by atoms with E-state index in [1.54, 1.807) is 6.07 Å². The number of carbonyl (C=O) groups excluding carboxylic acids is 1. The number of rotatable bonds is 6. The predicted octanol–water partition coefficient (Wildman–Crippen LogP) is 3.61. The molecule has 0 saturated carbocycles. The summed E-state index contributed by atoms with van der Waals surface area (Å²) in [6.45, 7) is 6.40. The molecule has 0 aliphatic rings. The molecule has 140 valence electrons. The molecule has 2 aromatic carbocycles. The zero-order valence-electron chi connectivity index (χ0n) is 16.0. The third kappa shape index (κ3) is 4.25. The Bertz CT molecular complexity index is 993. The lowest BCUT2D eigenvalue weighted by molar-refractivity contribution is -0.122. The summed E-state index contributed by atoms with van der Waals surface area (Å²) in [6, 6.07) is 15.5. The van der Waals surface area contributed by atoms with Gasteiger partial charge in [-0.2, -0.15) is 0 Å². The van der Waals surface area contributed by atoms with E-state index in [0.717, 1.165) is 11.1 Å². The fourth-order valence-corrected chi connectivity index (χ4v) is 3.26. The van der Waals surface area contributed by atoms with Crippen molar-refractivity contribution >= 4 is 16.8 Å². The molecule has 0 aliphatic heterocycles. The number of hydrogen-bond donors (Lipinski definition) is 1. The van der Waals surface area contributed by atoms with Gasteiger partial charge in [0.15, 0.2) is 0 Å². The largest absolute Gasteiger partial charge is 0.349 e. The van der Waals surface area contributed by atoms with Gasteiger partial charge in [-0.15, -0.1) is 0 Å². The molecule has 5 nitrogen and oxygen atoms in total. The van der Waals surface area contributed by atoms with Crippen LogP contribution in [0.3, 0.4) is 0 Å². The van der Waals surface area contributed by atoms with Gasteiger partial charge in [0.2, 0.25) is 5.91 Å². The fraction of sp³-hybridized carbons (Fsp3) is 0.318. The smallest absolute Gasteiger partial charge is 0.261 e. The van der Waals surface area contributed by atoms with Crippen LogP contribution in [0.25, 0.3) is 10.9 Å². The number of amides is 1. The molecular weight excluding hydrogens is 338 g/mol. The zero-order chi connectivity index (χ0) is 19.4. The minimum atomic E-state index is -0.111. The zero-order valence-corrected chi connectivity index (χ0v) is 16.0. The highest BCUT2D eigenvalue weighted by Gasteiger charge is 2.18. The van der Waals surface area contributed by atoms with Crippen molar-refractivity contribution in [1.82, 2.24) is 14.9 Å². The molecular formula is C22H25N3O2. The highest BCUT2D eigenvalue weighted by molar-refractivity contribution is 5.80. The van der Waals surface area contributed by atoms with E-state index in [0.29, 0.717) is 17.4 Å².